The van der Waals surface area contributed by atoms with Gasteiger partial charge < -0.3 is 13.9 Å². The number of hydrogen-bond acceptors (Lipinski definition) is 7. The molecule has 104 valence electrons. The van der Waals surface area contributed by atoms with Gasteiger partial charge in [0.1, 0.15) is 12.5 Å². The van der Waals surface area contributed by atoms with Gasteiger partial charge in [0.15, 0.2) is 6.39 Å². The van der Waals surface area contributed by atoms with Crippen LogP contribution in [0.5, 0.6) is 0 Å². The second kappa shape index (κ2) is 12.7. The van der Waals surface area contributed by atoms with Crippen LogP contribution < -0.4 is 0 Å². The van der Waals surface area contributed by atoms with Crippen LogP contribution in [0.1, 0.15) is 0 Å². The first-order chi connectivity index (χ1) is 10.0. The number of oxazole rings is 1. The van der Waals surface area contributed by atoms with Gasteiger partial charge in [-0.2, -0.15) is 0 Å². The monoisotopic (exact) mass is 291 g/mol. The van der Waals surface area contributed by atoms with Crippen LogP contribution in [-0.2, 0) is 0 Å². The maximum absolute atomic E-state index is 4.47. The molecule has 0 aromatic carbocycles. The molecule has 0 saturated heterocycles. The third-order valence-corrected chi connectivity index (χ3v) is 1.97. The van der Waals surface area contributed by atoms with Crippen molar-refractivity contribution in [2.75, 3.05) is 0 Å². The fraction of sp³-hybridized carbons (Fsp3) is 0. The molecule has 4 aromatic rings. The molecular formula is C12H13N5O2S. The fourth-order valence-corrected chi connectivity index (χ4v) is 1.09. The topological polar surface area (TPSA) is 93.6 Å². The summed E-state index contributed by atoms with van der Waals surface area (Å²) in [6, 6.07) is 3.63. The molecule has 0 radical (unpaired) electrons. The third-order valence-electron chi connectivity index (χ3n) is 1.45. The lowest BCUT2D eigenvalue weighted by Crippen LogP contribution is -1.44. The molecule has 0 saturated carbocycles. The fourth-order valence-electron chi connectivity index (χ4n) is 0.742. The van der Waals surface area contributed by atoms with Crippen molar-refractivity contribution in [2.45, 2.75) is 0 Å². The quantitative estimate of drug-likeness (QED) is 0.535. The number of aromatic amines is 1. The van der Waals surface area contributed by atoms with Gasteiger partial charge in [0.25, 0.3) is 0 Å². The molecule has 0 aliphatic rings. The maximum Gasteiger partial charge on any atom is 0.180 e. The lowest BCUT2D eigenvalue weighted by atomic mass is 10.8. The summed E-state index contributed by atoms with van der Waals surface area (Å²) in [7, 11) is 0. The highest BCUT2D eigenvalue weighted by Gasteiger charge is 1.61. The summed E-state index contributed by atoms with van der Waals surface area (Å²) in [5.41, 5.74) is 0. The molecule has 8 heteroatoms. The van der Waals surface area contributed by atoms with E-state index in [2.05, 4.69) is 33.4 Å². The highest BCUT2D eigenvalue weighted by Crippen LogP contribution is 1.83. The summed E-state index contributed by atoms with van der Waals surface area (Å²) in [5, 5.41) is 5.28. The van der Waals surface area contributed by atoms with Crippen LogP contribution in [0.2, 0.25) is 0 Å². The zero-order valence-electron chi connectivity index (χ0n) is 10.4. The van der Waals surface area contributed by atoms with Crippen LogP contribution in [0.4, 0.5) is 0 Å². The Labute approximate surface area is 119 Å². The summed E-state index contributed by atoms with van der Waals surface area (Å²) < 4.78 is 12.6. The van der Waals surface area contributed by atoms with Gasteiger partial charge in [-0.25, -0.2) is 14.3 Å². The Morgan fingerprint density at radius 2 is 1.95 bits per heavy atom. The Bertz CT molecular complexity index is 361. The highest BCUT2D eigenvalue weighted by molar-refractivity contribution is 7.03. The van der Waals surface area contributed by atoms with Crippen molar-refractivity contribution in [1.29, 1.82) is 0 Å². The smallest absolute Gasteiger partial charge is 0.180 e. The van der Waals surface area contributed by atoms with Gasteiger partial charge in [-0.1, -0.05) is 5.16 Å². The Morgan fingerprint density at radius 1 is 0.950 bits per heavy atom. The number of hydrogen-bond donors (Lipinski definition) is 1. The minimum atomic E-state index is 1.38. The molecule has 4 rings (SSSR count). The molecular weight excluding hydrogens is 278 g/mol. The van der Waals surface area contributed by atoms with E-state index in [4.69, 9.17) is 0 Å². The Kier molecular flexibility index (Phi) is 9.73. The van der Waals surface area contributed by atoms with Crippen LogP contribution in [0.25, 0.3) is 0 Å². The number of H-pyrrole nitrogens is 1. The molecule has 1 N–H and O–H groups in total. The normalized spacial score (nSPS) is 8.00. The lowest BCUT2D eigenvalue weighted by molar-refractivity contribution is 0.420. The highest BCUT2D eigenvalue weighted by atomic mass is 32.1. The number of imidazole rings is 1. The zero-order chi connectivity index (χ0) is 14.1. The Balaban J connectivity index is 0.000000133. The molecule has 20 heavy (non-hydrogen) atoms. The van der Waals surface area contributed by atoms with Gasteiger partial charge in [-0.15, -0.1) is 0 Å². The van der Waals surface area contributed by atoms with E-state index in [9.17, 15) is 0 Å². The number of nitrogens with zero attached hydrogens (tertiary/aromatic N) is 4. The van der Waals surface area contributed by atoms with Gasteiger partial charge in [-0.3, -0.25) is 0 Å². The summed E-state index contributed by atoms with van der Waals surface area (Å²) >= 11 is 1.46. The van der Waals surface area contributed by atoms with Gasteiger partial charge >= 0.3 is 0 Å². The van der Waals surface area contributed by atoms with Crippen LogP contribution in [0.15, 0.2) is 82.7 Å². The Morgan fingerprint density at radius 3 is 2.15 bits per heavy atom. The summed E-state index contributed by atoms with van der Waals surface area (Å²) in [6.07, 6.45) is 14.4. The number of aromatic nitrogens is 5. The van der Waals surface area contributed by atoms with Crippen molar-refractivity contribution in [1.82, 2.24) is 24.5 Å². The lowest BCUT2D eigenvalue weighted by Gasteiger charge is -1.48. The van der Waals surface area contributed by atoms with Crippen molar-refractivity contribution < 1.29 is 8.94 Å². The van der Waals surface area contributed by atoms with Crippen molar-refractivity contribution in [3.63, 3.8) is 0 Å². The molecule has 7 nitrogen and oxygen atoms in total. The van der Waals surface area contributed by atoms with Crippen LogP contribution in [0.3, 0.4) is 0 Å². The van der Waals surface area contributed by atoms with E-state index < -0.39 is 0 Å². The van der Waals surface area contributed by atoms with Gasteiger partial charge in [-0.05, 0) is 23.7 Å². The molecule has 0 fully saturated rings. The first-order valence-corrected chi connectivity index (χ1v) is 6.27. The molecule has 4 heterocycles. The molecule has 0 bridgehead atoms. The standard InChI is InChI=1S/C3H4N2.2C3H3NO.C3H3NS/c2*1-2-5-3-4-1;2*1-2-4-5-3-1/h1-3H,(H,4,5);3*1-3H. The average Bonchev–Trinajstić information content (AvgIpc) is 3.40. The second-order valence-electron chi connectivity index (χ2n) is 2.81. The van der Waals surface area contributed by atoms with Crippen molar-refractivity contribution in [3.05, 3.63) is 73.7 Å². The van der Waals surface area contributed by atoms with E-state index in [-0.39, 0.29) is 0 Å². The number of rotatable bonds is 0. The molecule has 0 unspecified atom stereocenters. The molecule has 4 aromatic heterocycles. The van der Waals surface area contributed by atoms with E-state index in [0.29, 0.717) is 0 Å². The zero-order valence-corrected chi connectivity index (χ0v) is 11.3. The minimum Gasteiger partial charge on any atom is -0.452 e. The maximum atomic E-state index is 4.47. The average molecular weight is 291 g/mol. The summed E-state index contributed by atoms with van der Waals surface area (Å²) in [6.45, 7) is 0. The predicted molar refractivity (Wildman–Crippen MR) is 73.7 cm³/mol. The largest absolute Gasteiger partial charge is 0.452 e. The van der Waals surface area contributed by atoms with Gasteiger partial charge in [0.05, 0.1) is 18.7 Å². The Hall–Kier alpha value is -2.74. The van der Waals surface area contributed by atoms with E-state index >= 15 is 0 Å². The second-order valence-corrected chi connectivity index (χ2v) is 3.51. The predicted octanol–water partition coefficient (Wildman–Crippen LogP) is 2.90. The van der Waals surface area contributed by atoms with E-state index in [1.54, 1.807) is 43.4 Å². The third kappa shape index (κ3) is 10.4. The minimum absolute atomic E-state index is 1.38. The molecule has 0 atom stereocenters. The van der Waals surface area contributed by atoms with Crippen molar-refractivity contribution >= 4 is 11.5 Å². The first-order valence-electron chi connectivity index (χ1n) is 5.43. The summed E-state index contributed by atoms with van der Waals surface area (Å²) in [5.74, 6) is 0. The van der Waals surface area contributed by atoms with Gasteiger partial charge in [0.2, 0.25) is 0 Å². The number of nitrogens with one attached hydrogen (secondary N) is 1. The van der Waals surface area contributed by atoms with Crippen molar-refractivity contribution in [3.8, 4) is 0 Å². The molecule has 0 aliphatic heterocycles. The summed E-state index contributed by atoms with van der Waals surface area (Å²) in [4.78, 5) is 9.97. The van der Waals surface area contributed by atoms with Gasteiger partial charge in [0, 0.05) is 24.0 Å². The van der Waals surface area contributed by atoms with Crippen LogP contribution in [-0.4, -0.2) is 24.5 Å². The first kappa shape index (κ1) is 15.3. The van der Waals surface area contributed by atoms with Crippen LogP contribution in [0, 0.1) is 0 Å². The SMILES string of the molecule is c1c[nH]cn1.c1cnoc1.c1cnsc1.c1cocn1. The van der Waals surface area contributed by atoms with Crippen molar-refractivity contribution in [2.24, 2.45) is 0 Å². The molecule has 0 spiro atoms. The molecule has 0 amide bonds. The van der Waals surface area contributed by atoms with E-state index in [1.807, 2.05) is 11.4 Å². The van der Waals surface area contributed by atoms with E-state index in [0.717, 1.165) is 0 Å². The van der Waals surface area contributed by atoms with Crippen LogP contribution >= 0.6 is 11.5 Å². The van der Waals surface area contributed by atoms with E-state index in [1.165, 1.54) is 30.5 Å². The molecule has 0 aliphatic carbocycles.